The van der Waals surface area contributed by atoms with E-state index in [4.69, 9.17) is 4.42 Å². The van der Waals surface area contributed by atoms with E-state index in [9.17, 15) is 9.59 Å². The number of amides is 1. The van der Waals surface area contributed by atoms with Crippen LogP contribution < -0.4 is 10.9 Å². The number of benzene rings is 1. The van der Waals surface area contributed by atoms with Crippen LogP contribution in [0.15, 0.2) is 45.6 Å². The number of hydrogen-bond donors (Lipinski definition) is 2. The maximum Gasteiger partial charge on any atom is 0.261 e. The predicted octanol–water partition coefficient (Wildman–Crippen LogP) is 2.93. The summed E-state index contributed by atoms with van der Waals surface area (Å²) in [6.45, 7) is 5.76. The average Bonchev–Trinajstić information content (AvgIpc) is 2.96. The third kappa shape index (κ3) is 3.74. The molecule has 6 nitrogen and oxygen atoms in total. The van der Waals surface area contributed by atoms with Crippen molar-refractivity contribution >= 4 is 5.91 Å². The number of rotatable bonds is 5. The second-order valence-electron chi connectivity index (χ2n) is 6.23. The monoisotopic (exact) mass is 351 g/mol. The van der Waals surface area contributed by atoms with Gasteiger partial charge in [0.05, 0.1) is 5.69 Å². The lowest BCUT2D eigenvalue weighted by Gasteiger charge is -2.07. The molecule has 0 saturated carbocycles. The van der Waals surface area contributed by atoms with E-state index in [1.165, 1.54) is 0 Å². The molecule has 1 amide bonds. The molecule has 2 aromatic heterocycles. The van der Waals surface area contributed by atoms with Gasteiger partial charge in [0, 0.05) is 24.2 Å². The number of aromatic amines is 1. The van der Waals surface area contributed by atoms with Gasteiger partial charge in [-0.2, -0.15) is 0 Å². The smallest absolute Gasteiger partial charge is 0.261 e. The van der Waals surface area contributed by atoms with Crippen LogP contribution in [0.5, 0.6) is 0 Å². The van der Waals surface area contributed by atoms with Crippen LogP contribution in [0.3, 0.4) is 0 Å². The van der Waals surface area contributed by atoms with Gasteiger partial charge in [0.25, 0.3) is 11.5 Å². The van der Waals surface area contributed by atoms with Gasteiger partial charge in [-0.05, 0) is 44.5 Å². The lowest BCUT2D eigenvalue weighted by Crippen LogP contribution is -2.32. The molecular weight excluding hydrogens is 330 g/mol. The standard InChI is InChI=1S/C20H21N3O3/c1-12-11-13(2)22-19(25)17(12)18(24)21-10-9-16-14(3)26-20(23-16)15-7-5-4-6-8-15/h4-8,11H,9-10H2,1-3H3,(H,21,24)(H,22,25). The van der Waals surface area contributed by atoms with Crippen LogP contribution in [0.25, 0.3) is 11.5 Å². The summed E-state index contributed by atoms with van der Waals surface area (Å²) in [5.41, 5.74) is 2.87. The molecule has 0 bridgehead atoms. The molecule has 0 fully saturated rings. The van der Waals surface area contributed by atoms with Crippen molar-refractivity contribution in [3.05, 3.63) is 75.0 Å². The Hall–Kier alpha value is -3.15. The Bertz CT molecular complexity index is 987. The predicted molar refractivity (Wildman–Crippen MR) is 99.2 cm³/mol. The van der Waals surface area contributed by atoms with E-state index in [0.717, 1.165) is 22.7 Å². The van der Waals surface area contributed by atoms with Crippen molar-refractivity contribution in [1.29, 1.82) is 0 Å². The molecular formula is C20H21N3O3. The first-order chi connectivity index (χ1) is 12.5. The van der Waals surface area contributed by atoms with Gasteiger partial charge in [-0.25, -0.2) is 4.98 Å². The number of aryl methyl sites for hydroxylation is 3. The van der Waals surface area contributed by atoms with Crippen molar-refractivity contribution in [3.63, 3.8) is 0 Å². The summed E-state index contributed by atoms with van der Waals surface area (Å²) in [5.74, 6) is 0.908. The summed E-state index contributed by atoms with van der Waals surface area (Å²) in [6.07, 6.45) is 0.525. The highest BCUT2D eigenvalue weighted by atomic mass is 16.4. The molecule has 134 valence electrons. The van der Waals surface area contributed by atoms with Gasteiger partial charge in [0.2, 0.25) is 5.89 Å². The van der Waals surface area contributed by atoms with Crippen LogP contribution in [0, 0.1) is 20.8 Å². The number of nitrogens with one attached hydrogen (secondary N) is 2. The van der Waals surface area contributed by atoms with Crippen LogP contribution in [-0.2, 0) is 6.42 Å². The van der Waals surface area contributed by atoms with Gasteiger partial charge in [0.15, 0.2) is 0 Å². The zero-order chi connectivity index (χ0) is 18.7. The van der Waals surface area contributed by atoms with Crippen molar-refractivity contribution in [1.82, 2.24) is 15.3 Å². The topological polar surface area (TPSA) is 88.0 Å². The first-order valence-electron chi connectivity index (χ1n) is 8.46. The van der Waals surface area contributed by atoms with E-state index < -0.39 is 0 Å². The maximum absolute atomic E-state index is 12.3. The Labute approximate surface area is 151 Å². The quantitative estimate of drug-likeness (QED) is 0.740. The van der Waals surface area contributed by atoms with Gasteiger partial charge >= 0.3 is 0 Å². The Morgan fingerprint density at radius 1 is 1.19 bits per heavy atom. The summed E-state index contributed by atoms with van der Waals surface area (Å²) in [7, 11) is 0. The third-order valence-corrected chi connectivity index (χ3v) is 4.15. The van der Waals surface area contributed by atoms with E-state index in [1.54, 1.807) is 19.9 Å². The van der Waals surface area contributed by atoms with Gasteiger partial charge < -0.3 is 14.7 Å². The molecule has 6 heteroatoms. The molecule has 0 radical (unpaired) electrons. The van der Waals surface area contributed by atoms with Crippen molar-refractivity contribution in [3.8, 4) is 11.5 Å². The number of nitrogens with zero attached hydrogens (tertiary/aromatic N) is 1. The Kier molecular flexibility index (Phi) is 5.02. The first kappa shape index (κ1) is 17.7. The van der Waals surface area contributed by atoms with Crippen LogP contribution in [-0.4, -0.2) is 22.4 Å². The van der Waals surface area contributed by atoms with E-state index >= 15 is 0 Å². The van der Waals surface area contributed by atoms with Crippen LogP contribution in [0.1, 0.15) is 33.1 Å². The molecule has 26 heavy (non-hydrogen) atoms. The highest BCUT2D eigenvalue weighted by Gasteiger charge is 2.15. The van der Waals surface area contributed by atoms with Crippen molar-refractivity contribution < 1.29 is 9.21 Å². The SMILES string of the molecule is Cc1cc(C)c(C(=O)NCCc2nc(-c3ccccc3)oc2C)c(=O)[nH]1. The molecule has 0 aliphatic heterocycles. The van der Waals surface area contributed by atoms with Gasteiger partial charge in [-0.1, -0.05) is 18.2 Å². The second-order valence-corrected chi connectivity index (χ2v) is 6.23. The average molecular weight is 351 g/mol. The normalized spacial score (nSPS) is 10.7. The van der Waals surface area contributed by atoms with Gasteiger partial charge in [-0.3, -0.25) is 9.59 Å². The molecule has 0 spiro atoms. The highest BCUT2D eigenvalue weighted by molar-refractivity contribution is 5.95. The number of aromatic nitrogens is 2. The first-order valence-corrected chi connectivity index (χ1v) is 8.46. The lowest BCUT2D eigenvalue weighted by molar-refractivity contribution is 0.0952. The van der Waals surface area contributed by atoms with E-state index in [-0.39, 0.29) is 17.0 Å². The Morgan fingerprint density at radius 2 is 1.92 bits per heavy atom. The van der Waals surface area contributed by atoms with Gasteiger partial charge in [0.1, 0.15) is 11.3 Å². The Morgan fingerprint density at radius 3 is 2.62 bits per heavy atom. The van der Waals surface area contributed by atoms with Crippen LogP contribution in [0.4, 0.5) is 0 Å². The fourth-order valence-electron chi connectivity index (χ4n) is 2.88. The fourth-order valence-corrected chi connectivity index (χ4v) is 2.88. The minimum Gasteiger partial charge on any atom is -0.441 e. The van der Waals surface area contributed by atoms with E-state index in [2.05, 4.69) is 15.3 Å². The molecule has 0 saturated heterocycles. The molecule has 0 unspecified atom stereocenters. The van der Waals surface area contributed by atoms with Crippen molar-refractivity contribution in [2.45, 2.75) is 27.2 Å². The molecule has 1 aromatic carbocycles. The summed E-state index contributed by atoms with van der Waals surface area (Å²) in [6, 6.07) is 11.4. The lowest BCUT2D eigenvalue weighted by atomic mass is 10.1. The van der Waals surface area contributed by atoms with Crippen LogP contribution >= 0.6 is 0 Å². The molecule has 2 N–H and O–H groups in total. The number of carbonyl (C=O) groups excluding carboxylic acids is 1. The summed E-state index contributed by atoms with van der Waals surface area (Å²) in [4.78, 5) is 31.5. The van der Waals surface area contributed by atoms with Crippen LogP contribution in [0.2, 0.25) is 0 Å². The second kappa shape index (κ2) is 7.39. The number of pyridine rings is 1. The van der Waals surface area contributed by atoms with Crippen molar-refractivity contribution in [2.75, 3.05) is 6.54 Å². The molecule has 0 atom stereocenters. The number of oxazole rings is 1. The molecule has 0 aliphatic rings. The summed E-state index contributed by atoms with van der Waals surface area (Å²) in [5, 5.41) is 2.78. The maximum atomic E-state index is 12.3. The number of H-pyrrole nitrogens is 1. The molecule has 3 aromatic rings. The van der Waals surface area contributed by atoms with Crippen molar-refractivity contribution in [2.24, 2.45) is 0 Å². The Balaban J connectivity index is 1.66. The summed E-state index contributed by atoms with van der Waals surface area (Å²) < 4.78 is 5.72. The summed E-state index contributed by atoms with van der Waals surface area (Å²) >= 11 is 0. The molecule has 2 heterocycles. The third-order valence-electron chi connectivity index (χ3n) is 4.15. The molecule has 3 rings (SSSR count). The number of hydrogen-bond acceptors (Lipinski definition) is 4. The largest absolute Gasteiger partial charge is 0.441 e. The van der Waals surface area contributed by atoms with Gasteiger partial charge in [-0.15, -0.1) is 0 Å². The fraction of sp³-hybridized carbons (Fsp3) is 0.250. The molecule has 0 aliphatic carbocycles. The van der Waals surface area contributed by atoms with E-state index in [1.807, 2.05) is 37.3 Å². The van der Waals surface area contributed by atoms with E-state index in [0.29, 0.717) is 24.4 Å². The number of carbonyl (C=O) groups is 1. The zero-order valence-electron chi connectivity index (χ0n) is 15.1. The minimum absolute atomic E-state index is 0.150. The zero-order valence-corrected chi connectivity index (χ0v) is 15.1. The highest BCUT2D eigenvalue weighted by Crippen LogP contribution is 2.21. The minimum atomic E-state index is -0.381.